The Kier molecular flexibility index (Phi) is 3.81. The Hall–Kier alpha value is -1.62. The van der Waals surface area contributed by atoms with Gasteiger partial charge in [0, 0.05) is 24.3 Å². The van der Waals surface area contributed by atoms with Crippen molar-refractivity contribution in [1.29, 1.82) is 0 Å². The van der Waals surface area contributed by atoms with Crippen LogP contribution in [0, 0.1) is 5.92 Å². The first-order chi connectivity index (χ1) is 8.58. The monoisotopic (exact) mass is 249 g/mol. The fourth-order valence-corrected chi connectivity index (χ4v) is 1.72. The van der Waals surface area contributed by atoms with Crippen molar-refractivity contribution in [3.63, 3.8) is 0 Å². The molecule has 1 heterocycles. The number of amides is 1. The van der Waals surface area contributed by atoms with Gasteiger partial charge >= 0.3 is 0 Å². The number of nitrogens with one attached hydrogen (secondary N) is 1. The third-order valence-electron chi connectivity index (χ3n) is 2.83. The molecule has 0 aliphatic heterocycles. The topological polar surface area (TPSA) is 77.2 Å². The second-order valence-corrected chi connectivity index (χ2v) is 4.86. The quantitative estimate of drug-likeness (QED) is 0.810. The summed E-state index contributed by atoms with van der Waals surface area (Å²) in [5.41, 5.74) is 6.52. The van der Waals surface area contributed by atoms with Crippen LogP contribution >= 0.6 is 0 Å². The molecule has 1 aromatic heterocycles. The predicted molar refractivity (Wildman–Crippen MR) is 67.9 cm³/mol. The van der Waals surface area contributed by atoms with Crippen molar-refractivity contribution in [3.05, 3.63) is 23.9 Å². The van der Waals surface area contributed by atoms with E-state index in [1.807, 2.05) is 26.0 Å². The van der Waals surface area contributed by atoms with E-state index in [4.69, 9.17) is 10.5 Å². The van der Waals surface area contributed by atoms with Crippen LogP contribution in [0.2, 0.25) is 0 Å². The van der Waals surface area contributed by atoms with Crippen molar-refractivity contribution in [2.45, 2.75) is 39.0 Å². The van der Waals surface area contributed by atoms with E-state index in [0.717, 1.165) is 12.0 Å². The van der Waals surface area contributed by atoms with Gasteiger partial charge in [0.1, 0.15) is 0 Å². The highest BCUT2D eigenvalue weighted by Gasteiger charge is 2.39. The average molecular weight is 249 g/mol. The maximum atomic E-state index is 11.7. The largest absolute Gasteiger partial charge is 0.475 e. The van der Waals surface area contributed by atoms with Gasteiger partial charge in [0.2, 0.25) is 11.8 Å². The summed E-state index contributed by atoms with van der Waals surface area (Å²) < 4.78 is 5.59. The fourth-order valence-electron chi connectivity index (χ4n) is 1.72. The highest BCUT2D eigenvalue weighted by Crippen LogP contribution is 2.28. The molecule has 2 unspecified atom stereocenters. The molecule has 1 aromatic rings. The average Bonchev–Trinajstić information content (AvgIpc) is 3.04. The second kappa shape index (κ2) is 5.35. The van der Waals surface area contributed by atoms with Crippen molar-refractivity contribution in [3.8, 4) is 5.88 Å². The molecule has 1 aliphatic carbocycles. The number of hydrogen-bond donors (Lipinski definition) is 2. The molecule has 1 fully saturated rings. The van der Waals surface area contributed by atoms with Crippen molar-refractivity contribution < 1.29 is 9.53 Å². The van der Waals surface area contributed by atoms with Crippen LogP contribution in [0.25, 0.3) is 0 Å². The van der Waals surface area contributed by atoms with Gasteiger partial charge in [0.25, 0.3) is 0 Å². The lowest BCUT2D eigenvalue weighted by Crippen LogP contribution is -2.27. The van der Waals surface area contributed by atoms with Crippen LogP contribution in [0.4, 0.5) is 0 Å². The zero-order valence-corrected chi connectivity index (χ0v) is 10.7. The normalized spacial score (nSPS) is 21.8. The van der Waals surface area contributed by atoms with Gasteiger partial charge in [-0.05, 0) is 26.3 Å². The maximum absolute atomic E-state index is 11.7. The molecule has 18 heavy (non-hydrogen) atoms. The van der Waals surface area contributed by atoms with Gasteiger partial charge in [-0.2, -0.15) is 0 Å². The van der Waals surface area contributed by atoms with E-state index in [1.165, 1.54) is 0 Å². The first kappa shape index (κ1) is 12.8. The van der Waals surface area contributed by atoms with Gasteiger partial charge in [0.05, 0.1) is 12.0 Å². The Morgan fingerprint density at radius 3 is 3.00 bits per heavy atom. The van der Waals surface area contributed by atoms with E-state index >= 15 is 0 Å². The van der Waals surface area contributed by atoms with Gasteiger partial charge < -0.3 is 15.8 Å². The summed E-state index contributed by atoms with van der Waals surface area (Å²) in [4.78, 5) is 15.8. The molecule has 5 heteroatoms. The first-order valence-electron chi connectivity index (χ1n) is 6.21. The number of pyridine rings is 1. The molecule has 5 nitrogen and oxygen atoms in total. The maximum Gasteiger partial charge on any atom is 0.225 e. The molecular weight excluding hydrogens is 230 g/mol. The third-order valence-corrected chi connectivity index (χ3v) is 2.83. The number of nitrogens with two attached hydrogens (primary N) is 1. The number of carbonyl (C=O) groups is 1. The Morgan fingerprint density at radius 1 is 1.67 bits per heavy atom. The van der Waals surface area contributed by atoms with Gasteiger partial charge in [-0.25, -0.2) is 4.98 Å². The van der Waals surface area contributed by atoms with E-state index in [2.05, 4.69) is 10.3 Å². The minimum absolute atomic E-state index is 0.0156. The Bertz CT molecular complexity index is 434. The van der Waals surface area contributed by atoms with E-state index < -0.39 is 0 Å². The molecule has 0 aromatic carbocycles. The van der Waals surface area contributed by atoms with Gasteiger partial charge in [0.15, 0.2) is 0 Å². The number of hydrogen-bond acceptors (Lipinski definition) is 4. The Morgan fingerprint density at radius 2 is 2.39 bits per heavy atom. The number of aromatic nitrogens is 1. The van der Waals surface area contributed by atoms with Crippen LogP contribution in [-0.4, -0.2) is 23.0 Å². The molecule has 3 N–H and O–H groups in total. The zero-order chi connectivity index (χ0) is 13.1. The molecule has 2 rings (SSSR count). The zero-order valence-electron chi connectivity index (χ0n) is 10.7. The minimum Gasteiger partial charge on any atom is -0.475 e. The van der Waals surface area contributed by atoms with E-state index in [1.54, 1.807) is 6.20 Å². The van der Waals surface area contributed by atoms with Crippen LogP contribution in [0.5, 0.6) is 5.88 Å². The third kappa shape index (κ3) is 3.20. The summed E-state index contributed by atoms with van der Waals surface area (Å²) in [6.07, 6.45) is 2.53. The Balaban J connectivity index is 1.94. The van der Waals surface area contributed by atoms with Crippen LogP contribution in [0.1, 0.15) is 25.8 Å². The molecule has 2 atom stereocenters. The molecule has 0 saturated heterocycles. The van der Waals surface area contributed by atoms with Crippen molar-refractivity contribution in [2.24, 2.45) is 11.7 Å². The molecule has 1 amide bonds. The highest BCUT2D eigenvalue weighted by molar-refractivity contribution is 5.82. The molecule has 0 bridgehead atoms. The number of rotatable bonds is 5. The summed E-state index contributed by atoms with van der Waals surface area (Å²) in [5, 5.41) is 2.87. The molecule has 1 saturated carbocycles. The lowest BCUT2D eigenvalue weighted by molar-refractivity contribution is -0.122. The van der Waals surface area contributed by atoms with Gasteiger partial charge in [-0.1, -0.05) is 6.07 Å². The summed E-state index contributed by atoms with van der Waals surface area (Å²) >= 11 is 0. The van der Waals surface area contributed by atoms with E-state index in [9.17, 15) is 4.79 Å². The SMILES string of the molecule is CC(C)Oc1ncccc1CNC(=O)C1CC1N. The number of nitrogens with zero attached hydrogens (tertiary/aromatic N) is 1. The Labute approximate surface area is 107 Å². The second-order valence-electron chi connectivity index (χ2n) is 4.86. The van der Waals surface area contributed by atoms with Crippen molar-refractivity contribution >= 4 is 5.91 Å². The molecule has 0 radical (unpaired) electrons. The number of ether oxygens (including phenoxy) is 1. The van der Waals surface area contributed by atoms with Crippen LogP contribution < -0.4 is 15.8 Å². The molecule has 98 valence electrons. The van der Waals surface area contributed by atoms with E-state index in [-0.39, 0.29) is 24.0 Å². The van der Waals surface area contributed by atoms with Crippen molar-refractivity contribution in [2.75, 3.05) is 0 Å². The molecular formula is C13H19N3O2. The summed E-state index contributed by atoms with van der Waals surface area (Å²) in [5.74, 6) is 0.575. The van der Waals surface area contributed by atoms with Gasteiger partial charge in [-0.15, -0.1) is 0 Å². The lowest BCUT2D eigenvalue weighted by Gasteiger charge is -2.13. The van der Waals surface area contributed by atoms with Crippen LogP contribution in [0.3, 0.4) is 0 Å². The highest BCUT2D eigenvalue weighted by atomic mass is 16.5. The predicted octanol–water partition coefficient (Wildman–Crippen LogP) is 0.832. The molecule has 0 spiro atoms. The van der Waals surface area contributed by atoms with E-state index in [0.29, 0.717) is 12.4 Å². The van der Waals surface area contributed by atoms with Crippen LogP contribution in [-0.2, 0) is 11.3 Å². The smallest absolute Gasteiger partial charge is 0.225 e. The van der Waals surface area contributed by atoms with Crippen LogP contribution in [0.15, 0.2) is 18.3 Å². The number of carbonyl (C=O) groups excluding carboxylic acids is 1. The van der Waals surface area contributed by atoms with Crippen molar-refractivity contribution in [1.82, 2.24) is 10.3 Å². The standard InChI is InChI=1S/C13H19N3O2/c1-8(2)18-13-9(4-3-5-15-13)7-16-12(17)10-6-11(10)14/h3-5,8,10-11H,6-7,14H2,1-2H3,(H,16,17). The fraction of sp³-hybridized carbons (Fsp3) is 0.538. The summed E-state index contributed by atoms with van der Waals surface area (Å²) in [7, 11) is 0. The minimum atomic E-state index is -0.0175. The summed E-state index contributed by atoms with van der Waals surface area (Å²) in [6, 6.07) is 3.76. The lowest BCUT2D eigenvalue weighted by atomic mass is 10.2. The first-order valence-corrected chi connectivity index (χ1v) is 6.21. The van der Waals surface area contributed by atoms with Gasteiger partial charge in [-0.3, -0.25) is 4.79 Å². The summed E-state index contributed by atoms with van der Waals surface area (Å²) in [6.45, 7) is 4.32. The molecule has 1 aliphatic rings.